The maximum Gasteiger partial charge on any atom is 0.275 e. The number of carbonyl (C=O) groups excluding carboxylic acids is 1. The van der Waals surface area contributed by atoms with E-state index in [1.54, 1.807) is 12.1 Å². The van der Waals surface area contributed by atoms with Gasteiger partial charge in [0.05, 0.1) is 25.0 Å². The molecule has 1 saturated heterocycles. The number of rotatable bonds is 5. The average Bonchev–Trinajstić information content (AvgIpc) is 3.14. The first kappa shape index (κ1) is 17.2. The van der Waals surface area contributed by atoms with Crippen LogP contribution in [0.25, 0.3) is 5.69 Å². The summed E-state index contributed by atoms with van der Waals surface area (Å²) in [5.74, 6) is -0.244. The number of amides is 1. The summed E-state index contributed by atoms with van der Waals surface area (Å²) in [6.45, 7) is 3.09. The van der Waals surface area contributed by atoms with Gasteiger partial charge in [-0.1, -0.05) is 17.7 Å². The highest BCUT2D eigenvalue weighted by molar-refractivity contribution is 5.94. The molecule has 1 aromatic carbocycles. The third kappa shape index (κ3) is 3.88. The second kappa shape index (κ2) is 7.48. The maximum atomic E-state index is 12.5. The molecule has 0 radical (unpaired) electrons. The predicted octanol–water partition coefficient (Wildman–Crippen LogP) is 1.46. The molecule has 0 spiro atoms. The van der Waals surface area contributed by atoms with Gasteiger partial charge in [0, 0.05) is 13.2 Å². The fourth-order valence-corrected chi connectivity index (χ4v) is 2.72. The van der Waals surface area contributed by atoms with Crippen LogP contribution < -0.4 is 15.6 Å². The molecule has 7 heteroatoms. The molecule has 2 aromatic rings. The Morgan fingerprint density at radius 2 is 2.16 bits per heavy atom. The Morgan fingerprint density at radius 1 is 1.40 bits per heavy atom. The van der Waals surface area contributed by atoms with Gasteiger partial charge in [-0.05, 0) is 31.9 Å². The van der Waals surface area contributed by atoms with Crippen LogP contribution in [0.5, 0.6) is 5.75 Å². The lowest BCUT2D eigenvalue weighted by Gasteiger charge is -2.13. The maximum absolute atomic E-state index is 12.5. The van der Waals surface area contributed by atoms with Gasteiger partial charge in [-0.15, -0.1) is 0 Å². The highest BCUT2D eigenvalue weighted by Gasteiger charge is 2.21. The van der Waals surface area contributed by atoms with E-state index in [9.17, 15) is 9.59 Å². The molecule has 1 amide bonds. The first-order chi connectivity index (χ1) is 12.1. The number of benzene rings is 1. The molecule has 3 rings (SSSR count). The van der Waals surface area contributed by atoms with Gasteiger partial charge >= 0.3 is 0 Å². The number of ether oxygens (including phenoxy) is 2. The van der Waals surface area contributed by atoms with Crippen LogP contribution in [0.3, 0.4) is 0 Å². The van der Waals surface area contributed by atoms with Crippen molar-refractivity contribution in [3.8, 4) is 11.4 Å². The number of hydrogen-bond acceptors (Lipinski definition) is 5. The number of methoxy groups -OCH3 is 1. The zero-order chi connectivity index (χ0) is 17.8. The molecule has 1 aromatic heterocycles. The van der Waals surface area contributed by atoms with E-state index in [-0.39, 0.29) is 23.1 Å². The summed E-state index contributed by atoms with van der Waals surface area (Å²) in [7, 11) is 1.41. The smallest absolute Gasteiger partial charge is 0.275 e. The van der Waals surface area contributed by atoms with Gasteiger partial charge in [0.2, 0.25) is 0 Å². The van der Waals surface area contributed by atoms with E-state index in [0.717, 1.165) is 25.0 Å². The number of aromatic nitrogens is 2. The molecular weight excluding hydrogens is 322 g/mol. The summed E-state index contributed by atoms with van der Waals surface area (Å²) >= 11 is 0. The topological polar surface area (TPSA) is 82.5 Å². The molecule has 0 saturated carbocycles. The molecule has 1 aliphatic heterocycles. The third-order valence-corrected chi connectivity index (χ3v) is 4.12. The van der Waals surface area contributed by atoms with E-state index in [1.807, 2.05) is 19.1 Å². The second-order valence-corrected chi connectivity index (χ2v) is 5.99. The summed E-state index contributed by atoms with van der Waals surface area (Å²) in [4.78, 5) is 24.8. The van der Waals surface area contributed by atoms with Crippen molar-refractivity contribution in [2.75, 3.05) is 20.3 Å². The van der Waals surface area contributed by atoms with Crippen molar-refractivity contribution in [2.45, 2.75) is 25.9 Å². The Morgan fingerprint density at radius 3 is 2.80 bits per heavy atom. The van der Waals surface area contributed by atoms with Gasteiger partial charge in [-0.3, -0.25) is 9.59 Å². The van der Waals surface area contributed by atoms with Crippen LogP contribution in [0, 0.1) is 6.92 Å². The van der Waals surface area contributed by atoms with E-state index in [2.05, 4.69) is 10.4 Å². The quantitative estimate of drug-likeness (QED) is 0.889. The molecule has 1 fully saturated rings. The highest BCUT2D eigenvalue weighted by atomic mass is 16.5. The van der Waals surface area contributed by atoms with E-state index in [4.69, 9.17) is 9.47 Å². The van der Waals surface area contributed by atoms with Crippen LogP contribution in [0.1, 0.15) is 28.9 Å². The predicted molar refractivity (Wildman–Crippen MR) is 92.4 cm³/mol. The SMILES string of the molecule is COc1cc(=O)n(-c2ccc(C)cc2)nc1C(=O)NC[C@H]1CCCO1. The normalized spacial score (nSPS) is 16.6. The number of carbonyl (C=O) groups is 1. The molecule has 25 heavy (non-hydrogen) atoms. The summed E-state index contributed by atoms with van der Waals surface area (Å²) in [6, 6.07) is 8.60. The third-order valence-electron chi connectivity index (χ3n) is 4.12. The lowest BCUT2D eigenvalue weighted by molar-refractivity contribution is 0.0849. The number of nitrogens with zero attached hydrogens (tertiary/aromatic N) is 2. The number of aryl methyl sites for hydroxylation is 1. The minimum Gasteiger partial charge on any atom is -0.494 e. The largest absolute Gasteiger partial charge is 0.494 e. The summed E-state index contributed by atoms with van der Waals surface area (Å²) in [5, 5.41) is 7.02. The Balaban J connectivity index is 1.88. The molecule has 2 heterocycles. The molecule has 0 bridgehead atoms. The first-order valence-corrected chi connectivity index (χ1v) is 8.23. The molecule has 1 atom stereocenters. The van der Waals surface area contributed by atoms with E-state index in [0.29, 0.717) is 12.2 Å². The van der Waals surface area contributed by atoms with Crippen LogP contribution in [-0.4, -0.2) is 42.1 Å². The fraction of sp³-hybridized carbons (Fsp3) is 0.389. The van der Waals surface area contributed by atoms with Gasteiger partial charge < -0.3 is 14.8 Å². The minimum atomic E-state index is -0.395. The Kier molecular flexibility index (Phi) is 5.14. The van der Waals surface area contributed by atoms with Crippen molar-refractivity contribution in [1.29, 1.82) is 0 Å². The summed E-state index contributed by atoms with van der Waals surface area (Å²) in [5.41, 5.74) is 1.36. The number of nitrogens with one attached hydrogen (secondary N) is 1. The minimum absolute atomic E-state index is 0.0259. The van der Waals surface area contributed by atoms with Crippen molar-refractivity contribution in [3.05, 3.63) is 51.9 Å². The highest BCUT2D eigenvalue weighted by Crippen LogP contribution is 2.15. The van der Waals surface area contributed by atoms with Gasteiger partial charge in [0.15, 0.2) is 11.4 Å². The zero-order valence-corrected chi connectivity index (χ0v) is 14.3. The Hall–Kier alpha value is -2.67. The van der Waals surface area contributed by atoms with Crippen LogP contribution in [0.4, 0.5) is 0 Å². The van der Waals surface area contributed by atoms with Gasteiger partial charge in [-0.25, -0.2) is 0 Å². The van der Waals surface area contributed by atoms with Crippen molar-refractivity contribution in [2.24, 2.45) is 0 Å². The van der Waals surface area contributed by atoms with E-state index in [1.165, 1.54) is 17.9 Å². The fourth-order valence-electron chi connectivity index (χ4n) is 2.72. The molecule has 0 aliphatic carbocycles. The van der Waals surface area contributed by atoms with Gasteiger partial charge in [0.1, 0.15) is 0 Å². The molecule has 132 valence electrons. The molecular formula is C18H21N3O4. The van der Waals surface area contributed by atoms with Crippen LogP contribution in [0.2, 0.25) is 0 Å². The lowest BCUT2D eigenvalue weighted by Crippen LogP contribution is -2.34. The van der Waals surface area contributed by atoms with E-state index >= 15 is 0 Å². The first-order valence-electron chi connectivity index (χ1n) is 8.23. The molecule has 7 nitrogen and oxygen atoms in total. The van der Waals surface area contributed by atoms with Crippen LogP contribution in [0.15, 0.2) is 35.1 Å². The average molecular weight is 343 g/mol. The molecule has 0 unspecified atom stereocenters. The lowest BCUT2D eigenvalue weighted by atomic mass is 10.2. The van der Waals surface area contributed by atoms with Gasteiger partial charge in [-0.2, -0.15) is 9.78 Å². The van der Waals surface area contributed by atoms with Crippen LogP contribution >= 0.6 is 0 Å². The Labute approximate surface area is 145 Å². The molecule has 1 N–H and O–H groups in total. The number of hydrogen-bond donors (Lipinski definition) is 1. The van der Waals surface area contributed by atoms with Crippen molar-refractivity contribution < 1.29 is 14.3 Å². The standard InChI is InChI=1S/C18H21N3O4/c1-12-5-7-13(8-6-12)21-16(22)10-15(24-2)17(20-21)18(23)19-11-14-4-3-9-25-14/h5-8,10,14H,3-4,9,11H2,1-2H3,(H,19,23)/t14-/m1/s1. The van der Waals surface area contributed by atoms with Gasteiger partial charge in [0.25, 0.3) is 11.5 Å². The van der Waals surface area contributed by atoms with Crippen molar-refractivity contribution in [1.82, 2.24) is 15.1 Å². The van der Waals surface area contributed by atoms with Crippen molar-refractivity contribution in [3.63, 3.8) is 0 Å². The second-order valence-electron chi connectivity index (χ2n) is 5.99. The summed E-state index contributed by atoms with van der Waals surface area (Å²) < 4.78 is 11.9. The van der Waals surface area contributed by atoms with E-state index < -0.39 is 5.91 Å². The zero-order valence-electron chi connectivity index (χ0n) is 14.3. The van der Waals surface area contributed by atoms with Crippen molar-refractivity contribution >= 4 is 5.91 Å². The monoisotopic (exact) mass is 343 g/mol. The summed E-state index contributed by atoms with van der Waals surface area (Å²) in [6.07, 6.45) is 1.95. The molecule has 1 aliphatic rings. The Bertz CT molecular complexity index is 808. The van der Waals surface area contributed by atoms with Crippen LogP contribution in [-0.2, 0) is 4.74 Å².